The summed E-state index contributed by atoms with van der Waals surface area (Å²) in [6, 6.07) is 0. The van der Waals surface area contributed by atoms with E-state index in [2.05, 4.69) is 10.6 Å². The number of carbonyl (C=O) groups excluding carboxylic acids is 1. The highest BCUT2D eigenvalue weighted by atomic mass is 16.5. The van der Waals surface area contributed by atoms with E-state index in [4.69, 9.17) is 4.74 Å². The van der Waals surface area contributed by atoms with Crippen molar-refractivity contribution in [2.45, 2.75) is 33.3 Å². The van der Waals surface area contributed by atoms with Crippen molar-refractivity contribution in [2.24, 2.45) is 11.8 Å². The molecule has 0 aromatic heterocycles. The maximum atomic E-state index is 11.8. The van der Waals surface area contributed by atoms with Crippen LogP contribution in [0.15, 0.2) is 0 Å². The van der Waals surface area contributed by atoms with Crippen molar-refractivity contribution in [3.63, 3.8) is 0 Å². The van der Waals surface area contributed by atoms with E-state index in [1.54, 1.807) is 0 Å². The molecule has 1 unspecified atom stereocenters. The first-order valence-electron chi connectivity index (χ1n) is 6.08. The molecule has 94 valence electrons. The van der Waals surface area contributed by atoms with E-state index in [-0.39, 0.29) is 17.4 Å². The van der Waals surface area contributed by atoms with Crippen LogP contribution in [0.2, 0.25) is 0 Å². The van der Waals surface area contributed by atoms with E-state index in [1.807, 2.05) is 27.7 Å². The van der Waals surface area contributed by atoms with Gasteiger partial charge in [0.25, 0.3) is 0 Å². The molecule has 1 fully saturated rings. The second kappa shape index (κ2) is 5.64. The zero-order valence-corrected chi connectivity index (χ0v) is 10.8. The molecular formula is C12H24N2O2. The Morgan fingerprint density at radius 3 is 2.62 bits per heavy atom. The quantitative estimate of drug-likeness (QED) is 0.706. The summed E-state index contributed by atoms with van der Waals surface area (Å²) in [7, 11) is 0. The predicted molar refractivity (Wildman–Crippen MR) is 64.2 cm³/mol. The van der Waals surface area contributed by atoms with Gasteiger partial charge in [0.2, 0.25) is 5.91 Å². The molecule has 1 saturated heterocycles. The number of ether oxygens (including phenoxy) is 1. The van der Waals surface area contributed by atoms with Crippen LogP contribution < -0.4 is 10.6 Å². The van der Waals surface area contributed by atoms with Gasteiger partial charge in [0.05, 0.1) is 5.60 Å². The van der Waals surface area contributed by atoms with E-state index >= 15 is 0 Å². The molecule has 1 aliphatic rings. The molecule has 0 bridgehead atoms. The van der Waals surface area contributed by atoms with Gasteiger partial charge in [-0.2, -0.15) is 0 Å². The van der Waals surface area contributed by atoms with Gasteiger partial charge in [0, 0.05) is 19.1 Å². The third-order valence-corrected chi connectivity index (χ3v) is 3.16. The highest BCUT2D eigenvalue weighted by Crippen LogP contribution is 2.16. The number of amides is 1. The number of nitrogens with one attached hydrogen (secondary N) is 2. The second-order valence-corrected chi connectivity index (χ2v) is 5.12. The van der Waals surface area contributed by atoms with E-state index < -0.39 is 0 Å². The van der Waals surface area contributed by atoms with Crippen LogP contribution in [0.5, 0.6) is 0 Å². The third-order valence-electron chi connectivity index (χ3n) is 3.16. The van der Waals surface area contributed by atoms with Crippen molar-refractivity contribution in [1.82, 2.24) is 10.6 Å². The fraction of sp³-hybridized carbons (Fsp3) is 0.917. The molecular weight excluding hydrogens is 204 g/mol. The Balaban J connectivity index is 2.28. The minimum absolute atomic E-state index is 0.0960. The molecule has 4 heteroatoms. The summed E-state index contributed by atoms with van der Waals surface area (Å²) in [6.07, 6.45) is 0. The minimum Gasteiger partial charge on any atom is -0.374 e. The van der Waals surface area contributed by atoms with Gasteiger partial charge in [-0.05, 0) is 39.8 Å². The van der Waals surface area contributed by atoms with Gasteiger partial charge in [-0.3, -0.25) is 4.79 Å². The molecule has 1 rings (SSSR count). The summed E-state index contributed by atoms with van der Waals surface area (Å²) in [5.41, 5.74) is -0.276. The Kier molecular flexibility index (Phi) is 4.74. The van der Waals surface area contributed by atoms with E-state index in [0.717, 1.165) is 13.1 Å². The first-order chi connectivity index (χ1) is 7.46. The zero-order valence-electron chi connectivity index (χ0n) is 10.8. The van der Waals surface area contributed by atoms with Crippen molar-refractivity contribution in [3.05, 3.63) is 0 Å². The van der Waals surface area contributed by atoms with Crippen LogP contribution in [0.3, 0.4) is 0 Å². The average Bonchev–Trinajstić information content (AvgIpc) is 2.11. The van der Waals surface area contributed by atoms with Crippen molar-refractivity contribution >= 4 is 5.91 Å². The van der Waals surface area contributed by atoms with Crippen molar-refractivity contribution in [3.8, 4) is 0 Å². The van der Waals surface area contributed by atoms with E-state index in [1.165, 1.54) is 0 Å². The standard InChI is InChI=1S/C12H24N2O2/c1-5-16-12(3,4)8-14-11(15)9(2)10-6-13-7-10/h9-10,13H,5-8H2,1-4H3,(H,14,15). The summed E-state index contributed by atoms with van der Waals surface area (Å²) in [6.45, 7) is 11.1. The maximum Gasteiger partial charge on any atom is 0.223 e. The minimum atomic E-state index is -0.276. The Hall–Kier alpha value is -0.610. The molecule has 2 N–H and O–H groups in total. The predicted octanol–water partition coefficient (Wildman–Crippen LogP) is 0.773. The summed E-state index contributed by atoms with van der Waals surface area (Å²) in [4.78, 5) is 11.8. The van der Waals surface area contributed by atoms with Crippen molar-refractivity contribution in [1.29, 1.82) is 0 Å². The van der Waals surface area contributed by atoms with Gasteiger partial charge in [-0.25, -0.2) is 0 Å². The van der Waals surface area contributed by atoms with Gasteiger partial charge in [-0.1, -0.05) is 6.92 Å². The van der Waals surface area contributed by atoms with Gasteiger partial charge >= 0.3 is 0 Å². The third kappa shape index (κ3) is 3.76. The molecule has 16 heavy (non-hydrogen) atoms. The fourth-order valence-electron chi connectivity index (χ4n) is 1.78. The molecule has 0 aromatic rings. The first-order valence-corrected chi connectivity index (χ1v) is 6.08. The molecule has 0 aliphatic carbocycles. The summed E-state index contributed by atoms with van der Waals surface area (Å²) in [5, 5.41) is 6.15. The van der Waals surface area contributed by atoms with Crippen LogP contribution in [-0.4, -0.2) is 37.7 Å². The normalized spacial score (nSPS) is 19.0. The molecule has 0 saturated carbocycles. The summed E-state index contributed by atoms with van der Waals surface area (Å²) in [5.74, 6) is 0.730. The second-order valence-electron chi connectivity index (χ2n) is 5.12. The van der Waals surface area contributed by atoms with Gasteiger partial charge in [-0.15, -0.1) is 0 Å². The molecule has 1 amide bonds. The Morgan fingerprint density at radius 2 is 2.19 bits per heavy atom. The van der Waals surface area contributed by atoms with Gasteiger partial charge in [0.1, 0.15) is 0 Å². The summed E-state index contributed by atoms with van der Waals surface area (Å²) < 4.78 is 5.53. The number of hydrogen-bond acceptors (Lipinski definition) is 3. The lowest BCUT2D eigenvalue weighted by molar-refractivity contribution is -0.128. The van der Waals surface area contributed by atoms with Crippen LogP contribution >= 0.6 is 0 Å². The number of carbonyl (C=O) groups is 1. The molecule has 4 nitrogen and oxygen atoms in total. The number of hydrogen-bond donors (Lipinski definition) is 2. The number of rotatable bonds is 6. The van der Waals surface area contributed by atoms with Crippen LogP contribution in [0.4, 0.5) is 0 Å². The molecule has 0 spiro atoms. The molecule has 1 atom stereocenters. The van der Waals surface area contributed by atoms with Crippen LogP contribution in [-0.2, 0) is 9.53 Å². The monoisotopic (exact) mass is 228 g/mol. The summed E-state index contributed by atoms with van der Waals surface area (Å²) >= 11 is 0. The lowest BCUT2D eigenvalue weighted by Gasteiger charge is -2.33. The van der Waals surface area contributed by atoms with Crippen LogP contribution in [0.25, 0.3) is 0 Å². The lowest BCUT2D eigenvalue weighted by Crippen LogP contribution is -2.51. The highest BCUT2D eigenvalue weighted by molar-refractivity contribution is 5.78. The van der Waals surface area contributed by atoms with Crippen LogP contribution in [0, 0.1) is 11.8 Å². The molecule has 1 aliphatic heterocycles. The SMILES string of the molecule is CCOC(C)(C)CNC(=O)C(C)C1CNC1. The van der Waals surface area contributed by atoms with E-state index in [0.29, 0.717) is 19.1 Å². The first kappa shape index (κ1) is 13.5. The Morgan fingerprint density at radius 1 is 1.56 bits per heavy atom. The van der Waals surface area contributed by atoms with Crippen molar-refractivity contribution in [2.75, 3.05) is 26.2 Å². The Bertz CT molecular complexity index is 237. The average molecular weight is 228 g/mol. The van der Waals surface area contributed by atoms with Gasteiger partial charge < -0.3 is 15.4 Å². The van der Waals surface area contributed by atoms with E-state index in [9.17, 15) is 4.79 Å². The topological polar surface area (TPSA) is 50.4 Å². The molecule has 1 heterocycles. The molecule has 0 aromatic carbocycles. The Labute approximate surface area is 98.1 Å². The molecule has 0 radical (unpaired) electrons. The van der Waals surface area contributed by atoms with Crippen molar-refractivity contribution < 1.29 is 9.53 Å². The zero-order chi connectivity index (χ0) is 12.2. The maximum absolute atomic E-state index is 11.8. The lowest BCUT2D eigenvalue weighted by atomic mass is 9.88. The van der Waals surface area contributed by atoms with Gasteiger partial charge in [0.15, 0.2) is 0 Å². The van der Waals surface area contributed by atoms with Crippen LogP contribution in [0.1, 0.15) is 27.7 Å². The fourth-order valence-corrected chi connectivity index (χ4v) is 1.78. The largest absolute Gasteiger partial charge is 0.374 e. The smallest absolute Gasteiger partial charge is 0.223 e. The highest BCUT2D eigenvalue weighted by Gasteiger charge is 2.29.